The van der Waals surface area contributed by atoms with Crippen molar-refractivity contribution in [1.82, 2.24) is 9.78 Å². The predicted molar refractivity (Wildman–Crippen MR) is 67.4 cm³/mol. The van der Waals surface area contributed by atoms with Gasteiger partial charge < -0.3 is 0 Å². The Morgan fingerprint density at radius 2 is 2.06 bits per heavy atom. The highest BCUT2D eigenvalue weighted by Crippen LogP contribution is 2.19. The lowest BCUT2D eigenvalue weighted by Gasteiger charge is -2.05. The van der Waals surface area contributed by atoms with E-state index in [0.29, 0.717) is 22.8 Å². The molecule has 2 rings (SSSR count). The number of aryl methyl sites for hydroxylation is 1. The fourth-order valence-electron chi connectivity index (χ4n) is 1.70. The van der Waals surface area contributed by atoms with Crippen LogP contribution in [0.2, 0.25) is 5.02 Å². The topological polar surface area (TPSA) is 34.9 Å². The van der Waals surface area contributed by atoms with Gasteiger partial charge in [0, 0.05) is 12.1 Å². The molecule has 1 aromatic carbocycles. The van der Waals surface area contributed by atoms with E-state index >= 15 is 0 Å². The van der Waals surface area contributed by atoms with Gasteiger partial charge in [0.05, 0.1) is 11.2 Å². The number of hydrogen-bond acceptors (Lipinski definition) is 2. The van der Waals surface area contributed by atoms with Crippen LogP contribution in [0.1, 0.15) is 29.4 Å². The number of nitrogens with zero attached hydrogens (tertiary/aromatic N) is 2. The number of benzene rings is 1. The zero-order valence-corrected chi connectivity index (χ0v) is 10.3. The minimum Gasteiger partial charge on any atom is -0.287 e. The van der Waals surface area contributed by atoms with Crippen molar-refractivity contribution in [2.45, 2.75) is 19.9 Å². The van der Waals surface area contributed by atoms with Gasteiger partial charge in [-0.3, -0.25) is 9.48 Å². The number of halogens is 1. The highest BCUT2D eigenvalue weighted by atomic mass is 35.5. The van der Waals surface area contributed by atoms with Crippen molar-refractivity contribution in [3.05, 3.63) is 52.8 Å². The molecule has 0 unspecified atom stereocenters. The highest BCUT2D eigenvalue weighted by Gasteiger charge is 2.18. The molecule has 88 valence electrons. The molecular weight excluding hydrogens is 236 g/mol. The average Bonchev–Trinajstić information content (AvgIpc) is 2.71. The van der Waals surface area contributed by atoms with Crippen LogP contribution >= 0.6 is 11.6 Å². The zero-order valence-electron chi connectivity index (χ0n) is 9.56. The minimum atomic E-state index is -0.0819. The van der Waals surface area contributed by atoms with Gasteiger partial charge in [0.25, 0.3) is 0 Å². The van der Waals surface area contributed by atoms with Crippen molar-refractivity contribution in [2.24, 2.45) is 0 Å². The Hall–Kier alpha value is -1.61. The molecule has 0 saturated carbocycles. The molecule has 0 fully saturated rings. The van der Waals surface area contributed by atoms with Crippen LogP contribution in [-0.4, -0.2) is 15.6 Å². The summed E-state index contributed by atoms with van der Waals surface area (Å²) in [4.78, 5) is 12.3. The molecule has 0 amide bonds. The van der Waals surface area contributed by atoms with Crippen LogP contribution in [0.25, 0.3) is 0 Å². The molecule has 2 aromatic rings. The molecule has 0 spiro atoms. The first-order valence-electron chi connectivity index (χ1n) is 5.55. The van der Waals surface area contributed by atoms with Crippen molar-refractivity contribution in [3.63, 3.8) is 0 Å². The maximum atomic E-state index is 12.3. The lowest BCUT2D eigenvalue weighted by atomic mass is 10.1. The summed E-state index contributed by atoms with van der Waals surface area (Å²) in [6.45, 7) is 2.73. The summed E-state index contributed by atoms with van der Waals surface area (Å²) in [6.07, 6.45) is 2.43. The van der Waals surface area contributed by atoms with Crippen molar-refractivity contribution in [3.8, 4) is 0 Å². The number of hydrogen-bond donors (Lipinski definition) is 0. The molecule has 0 aliphatic carbocycles. The van der Waals surface area contributed by atoms with Gasteiger partial charge in [-0.05, 0) is 6.42 Å². The van der Waals surface area contributed by atoms with Gasteiger partial charge in [-0.15, -0.1) is 0 Å². The Morgan fingerprint density at radius 1 is 1.35 bits per heavy atom. The van der Waals surface area contributed by atoms with Gasteiger partial charge in [0.2, 0.25) is 5.78 Å². The van der Waals surface area contributed by atoms with E-state index in [1.165, 1.54) is 6.20 Å². The van der Waals surface area contributed by atoms with Crippen LogP contribution in [0.4, 0.5) is 0 Å². The van der Waals surface area contributed by atoms with E-state index in [4.69, 9.17) is 11.6 Å². The van der Waals surface area contributed by atoms with Crippen molar-refractivity contribution in [2.75, 3.05) is 0 Å². The van der Waals surface area contributed by atoms with Crippen LogP contribution in [0.3, 0.4) is 0 Å². The van der Waals surface area contributed by atoms with Crippen molar-refractivity contribution < 1.29 is 4.79 Å². The van der Waals surface area contributed by atoms with Crippen molar-refractivity contribution >= 4 is 17.4 Å². The molecule has 0 atom stereocenters. The lowest BCUT2D eigenvalue weighted by Crippen LogP contribution is -2.11. The molecule has 0 radical (unpaired) electrons. The first kappa shape index (κ1) is 11.9. The maximum absolute atomic E-state index is 12.3. The standard InChI is InChI=1S/C13H13ClN2O/c1-2-8-16-12(11(14)9-15-16)13(17)10-6-4-3-5-7-10/h3-7,9H,2,8H2,1H3. The summed E-state index contributed by atoms with van der Waals surface area (Å²) >= 11 is 6.02. The Kier molecular flexibility index (Phi) is 3.59. The average molecular weight is 249 g/mol. The summed E-state index contributed by atoms with van der Waals surface area (Å²) in [6, 6.07) is 9.11. The Labute approximate surface area is 105 Å². The summed E-state index contributed by atoms with van der Waals surface area (Å²) in [5.74, 6) is -0.0819. The normalized spacial score (nSPS) is 10.5. The molecule has 3 nitrogen and oxygen atoms in total. The molecule has 0 saturated heterocycles. The second kappa shape index (κ2) is 5.15. The smallest absolute Gasteiger partial charge is 0.212 e. The van der Waals surface area contributed by atoms with Gasteiger partial charge in [-0.2, -0.15) is 5.10 Å². The molecule has 4 heteroatoms. The van der Waals surface area contributed by atoms with E-state index in [2.05, 4.69) is 5.10 Å². The Balaban J connectivity index is 2.40. The molecule has 0 aliphatic rings. The summed E-state index contributed by atoms with van der Waals surface area (Å²) in [5, 5.41) is 4.53. The van der Waals surface area contributed by atoms with E-state index in [1.807, 2.05) is 25.1 Å². The second-order valence-corrected chi connectivity index (χ2v) is 4.17. The molecule has 17 heavy (non-hydrogen) atoms. The number of ketones is 1. The monoisotopic (exact) mass is 248 g/mol. The van der Waals surface area contributed by atoms with Gasteiger partial charge in [0.15, 0.2) is 0 Å². The highest BCUT2D eigenvalue weighted by molar-refractivity contribution is 6.34. The van der Waals surface area contributed by atoms with Crippen LogP contribution < -0.4 is 0 Å². The number of aromatic nitrogens is 2. The summed E-state index contributed by atoms with van der Waals surface area (Å²) < 4.78 is 1.66. The second-order valence-electron chi connectivity index (χ2n) is 3.76. The summed E-state index contributed by atoms with van der Waals surface area (Å²) in [5.41, 5.74) is 1.10. The quantitative estimate of drug-likeness (QED) is 0.779. The number of rotatable bonds is 4. The van der Waals surface area contributed by atoms with Gasteiger partial charge in [-0.1, -0.05) is 48.9 Å². The molecule has 1 aromatic heterocycles. The third-order valence-electron chi connectivity index (χ3n) is 2.48. The van der Waals surface area contributed by atoms with E-state index in [9.17, 15) is 4.79 Å². The van der Waals surface area contributed by atoms with Crippen LogP contribution in [0.15, 0.2) is 36.5 Å². The largest absolute Gasteiger partial charge is 0.287 e. The number of carbonyl (C=O) groups is 1. The van der Waals surface area contributed by atoms with Gasteiger partial charge in [-0.25, -0.2) is 0 Å². The van der Waals surface area contributed by atoms with E-state index < -0.39 is 0 Å². The Morgan fingerprint density at radius 3 is 2.71 bits per heavy atom. The van der Waals surface area contributed by atoms with Crippen LogP contribution in [0, 0.1) is 0 Å². The number of carbonyl (C=O) groups excluding carboxylic acids is 1. The summed E-state index contributed by atoms with van der Waals surface area (Å²) in [7, 11) is 0. The van der Waals surface area contributed by atoms with E-state index in [-0.39, 0.29) is 5.78 Å². The SMILES string of the molecule is CCCn1ncc(Cl)c1C(=O)c1ccccc1. The van der Waals surface area contributed by atoms with Crippen LogP contribution in [0.5, 0.6) is 0 Å². The third-order valence-corrected chi connectivity index (χ3v) is 2.76. The van der Waals surface area contributed by atoms with Crippen molar-refractivity contribution in [1.29, 1.82) is 0 Å². The fourth-order valence-corrected chi connectivity index (χ4v) is 1.92. The molecule has 0 aliphatic heterocycles. The minimum absolute atomic E-state index is 0.0819. The van der Waals surface area contributed by atoms with E-state index in [1.54, 1.807) is 16.8 Å². The Bertz CT molecular complexity index is 519. The maximum Gasteiger partial charge on any atom is 0.212 e. The lowest BCUT2D eigenvalue weighted by molar-refractivity contribution is 0.102. The van der Waals surface area contributed by atoms with E-state index in [0.717, 1.165) is 6.42 Å². The molecule has 0 bridgehead atoms. The zero-order chi connectivity index (χ0) is 12.3. The molecule has 0 N–H and O–H groups in total. The van der Waals surface area contributed by atoms with Gasteiger partial charge in [0.1, 0.15) is 5.69 Å². The van der Waals surface area contributed by atoms with Crippen LogP contribution in [-0.2, 0) is 6.54 Å². The fraction of sp³-hybridized carbons (Fsp3) is 0.231. The predicted octanol–water partition coefficient (Wildman–Crippen LogP) is 3.18. The first-order valence-corrected chi connectivity index (χ1v) is 5.93. The first-order chi connectivity index (χ1) is 8.24. The molecule has 1 heterocycles. The molecular formula is C13H13ClN2O. The third kappa shape index (κ3) is 2.39. The van der Waals surface area contributed by atoms with Gasteiger partial charge >= 0.3 is 0 Å².